The minimum atomic E-state index is 0.0996. The molecule has 2 fully saturated rings. The fourth-order valence-electron chi connectivity index (χ4n) is 3.69. The van der Waals surface area contributed by atoms with Crippen molar-refractivity contribution in [3.8, 4) is 0 Å². The highest BCUT2D eigenvalue weighted by Crippen LogP contribution is 2.24. The molecule has 138 valence electrons. The van der Waals surface area contributed by atoms with Crippen LogP contribution < -0.4 is 10.2 Å². The van der Waals surface area contributed by atoms with Crippen molar-refractivity contribution in [1.29, 1.82) is 0 Å². The van der Waals surface area contributed by atoms with E-state index < -0.39 is 0 Å². The zero-order valence-electron chi connectivity index (χ0n) is 15.4. The molecule has 1 amide bonds. The van der Waals surface area contributed by atoms with Crippen molar-refractivity contribution in [1.82, 2.24) is 20.0 Å². The van der Waals surface area contributed by atoms with Crippen molar-refractivity contribution in [2.45, 2.75) is 39.0 Å². The van der Waals surface area contributed by atoms with E-state index in [1.54, 1.807) is 10.9 Å². The summed E-state index contributed by atoms with van der Waals surface area (Å²) in [6.07, 6.45) is 10.2. The van der Waals surface area contributed by atoms with Crippen LogP contribution in [0.4, 0.5) is 5.69 Å². The average molecular weight is 346 g/mol. The van der Waals surface area contributed by atoms with Gasteiger partial charge in [-0.3, -0.25) is 14.5 Å². The second-order valence-corrected chi connectivity index (χ2v) is 7.04. The van der Waals surface area contributed by atoms with E-state index in [-0.39, 0.29) is 5.91 Å². The Morgan fingerprint density at radius 2 is 2.12 bits per heavy atom. The van der Waals surface area contributed by atoms with Gasteiger partial charge in [-0.25, -0.2) is 0 Å². The first kappa shape index (κ1) is 17.8. The molecule has 25 heavy (non-hydrogen) atoms. The van der Waals surface area contributed by atoms with E-state index in [1.807, 2.05) is 18.1 Å². The number of piperazine rings is 1. The van der Waals surface area contributed by atoms with E-state index in [4.69, 9.17) is 4.99 Å². The third kappa shape index (κ3) is 4.52. The van der Waals surface area contributed by atoms with Crippen LogP contribution in [0, 0.1) is 5.92 Å². The van der Waals surface area contributed by atoms with Crippen LogP contribution in [0.2, 0.25) is 0 Å². The molecule has 1 saturated heterocycles. The number of hydrogen-bond donors (Lipinski definition) is 1. The Hall–Kier alpha value is -2.05. The summed E-state index contributed by atoms with van der Waals surface area (Å²) < 4.78 is 1.73. The number of anilines is 1. The molecule has 7 nitrogen and oxygen atoms in total. The molecule has 0 spiro atoms. The monoisotopic (exact) mass is 346 g/mol. The Morgan fingerprint density at radius 1 is 1.32 bits per heavy atom. The molecule has 1 aliphatic carbocycles. The number of hydrogen-bond acceptors (Lipinski definition) is 3. The number of carbonyl (C=O) groups excluding carboxylic acids is 1. The van der Waals surface area contributed by atoms with Crippen molar-refractivity contribution in [3.05, 3.63) is 12.4 Å². The first-order valence-electron chi connectivity index (χ1n) is 9.49. The lowest BCUT2D eigenvalue weighted by Gasteiger charge is -2.35. The fraction of sp³-hybridized carbons (Fsp3) is 0.722. The second kappa shape index (κ2) is 8.36. The van der Waals surface area contributed by atoms with Gasteiger partial charge in [0.25, 0.3) is 0 Å². The van der Waals surface area contributed by atoms with Gasteiger partial charge in [-0.05, 0) is 25.7 Å². The van der Waals surface area contributed by atoms with Gasteiger partial charge in [0.1, 0.15) is 6.54 Å². The van der Waals surface area contributed by atoms with E-state index in [0.717, 1.165) is 31.3 Å². The number of aliphatic imine (C=N–C) groups is 1. The summed E-state index contributed by atoms with van der Waals surface area (Å²) >= 11 is 0. The summed E-state index contributed by atoms with van der Waals surface area (Å²) in [4.78, 5) is 21.3. The molecule has 1 aromatic rings. The zero-order chi connectivity index (χ0) is 17.6. The standard InChI is InChI=1S/C18H30N6O/c1-3-19-18(20-11-15-7-5-4-6-8-15)23-9-10-24(17(25)14-23)16-12-21-22(2)13-16/h12-13,15H,3-11,14H2,1-2H3,(H,19,20). The van der Waals surface area contributed by atoms with Gasteiger partial charge in [0.15, 0.2) is 5.96 Å². The van der Waals surface area contributed by atoms with Crippen LogP contribution in [-0.2, 0) is 11.8 Å². The van der Waals surface area contributed by atoms with Crippen molar-refractivity contribution >= 4 is 17.6 Å². The van der Waals surface area contributed by atoms with Gasteiger partial charge in [0.2, 0.25) is 5.91 Å². The van der Waals surface area contributed by atoms with Crippen LogP contribution in [0.25, 0.3) is 0 Å². The van der Waals surface area contributed by atoms with Gasteiger partial charge in [-0.2, -0.15) is 5.10 Å². The molecule has 1 aliphatic heterocycles. The predicted molar refractivity (Wildman–Crippen MR) is 99.7 cm³/mol. The lowest BCUT2D eigenvalue weighted by Crippen LogP contribution is -2.55. The summed E-state index contributed by atoms with van der Waals surface area (Å²) in [6.45, 7) is 5.59. The largest absolute Gasteiger partial charge is 0.357 e. The molecule has 1 saturated carbocycles. The van der Waals surface area contributed by atoms with E-state index in [0.29, 0.717) is 19.0 Å². The molecule has 1 N–H and O–H groups in total. The molecule has 2 heterocycles. The Bertz CT molecular complexity index is 604. The highest BCUT2D eigenvalue weighted by molar-refractivity contribution is 5.98. The van der Waals surface area contributed by atoms with Gasteiger partial charge in [-0.15, -0.1) is 0 Å². The first-order chi connectivity index (χ1) is 12.2. The lowest BCUT2D eigenvalue weighted by molar-refractivity contribution is -0.120. The smallest absolute Gasteiger partial charge is 0.246 e. The van der Waals surface area contributed by atoms with Gasteiger partial charge >= 0.3 is 0 Å². The summed E-state index contributed by atoms with van der Waals surface area (Å²) in [5, 5.41) is 7.52. The summed E-state index contributed by atoms with van der Waals surface area (Å²) in [5.74, 6) is 1.68. The number of amides is 1. The number of rotatable bonds is 4. The topological polar surface area (TPSA) is 65.8 Å². The van der Waals surface area contributed by atoms with Crippen LogP contribution in [0.3, 0.4) is 0 Å². The normalized spacial score (nSPS) is 20.2. The van der Waals surface area contributed by atoms with Crippen molar-refractivity contribution < 1.29 is 4.79 Å². The molecule has 3 rings (SSSR count). The minimum absolute atomic E-state index is 0.0996. The van der Waals surface area contributed by atoms with Crippen LogP contribution >= 0.6 is 0 Å². The fourth-order valence-corrected chi connectivity index (χ4v) is 3.69. The number of aromatic nitrogens is 2. The maximum Gasteiger partial charge on any atom is 0.246 e. The number of guanidine groups is 1. The summed E-state index contributed by atoms with van der Waals surface area (Å²) in [7, 11) is 1.87. The third-order valence-electron chi connectivity index (χ3n) is 5.08. The van der Waals surface area contributed by atoms with Crippen LogP contribution in [0.5, 0.6) is 0 Å². The highest BCUT2D eigenvalue weighted by atomic mass is 16.2. The van der Waals surface area contributed by atoms with E-state index in [2.05, 4.69) is 22.2 Å². The number of aryl methyl sites for hydroxylation is 1. The molecular formula is C18H30N6O. The van der Waals surface area contributed by atoms with E-state index >= 15 is 0 Å². The highest BCUT2D eigenvalue weighted by Gasteiger charge is 2.27. The average Bonchev–Trinajstić information content (AvgIpc) is 3.05. The predicted octanol–water partition coefficient (Wildman–Crippen LogP) is 1.61. The molecule has 0 atom stereocenters. The Kier molecular flexibility index (Phi) is 5.94. The molecule has 2 aliphatic rings. The quantitative estimate of drug-likeness (QED) is 0.664. The van der Waals surface area contributed by atoms with E-state index in [9.17, 15) is 4.79 Å². The van der Waals surface area contributed by atoms with E-state index in [1.165, 1.54) is 32.1 Å². The molecule has 0 bridgehead atoms. The number of carbonyl (C=O) groups is 1. The maximum absolute atomic E-state index is 12.6. The number of nitrogens with one attached hydrogen (secondary N) is 1. The SMILES string of the molecule is CCNC(=NCC1CCCCC1)N1CCN(c2cnn(C)c2)C(=O)C1. The van der Waals surface area contributed by atoms with Crippen LogP contribution in [0.1, 0.15) is 39.0 Å². The minimum Gasteiger partial charge on any atom is -0.357 e. The molecule has 0 radical (unpaired) electrons. The Balaban J connectivity index is 1.61. The molecule has 0 aromatic carbocycles. The molecule has 0 unspecified atom stereocenters. The summed E-state index contributed by atoms with van der Waals surface area (Å²) in [6, 6.07) is 0. The lowest BCUT2D eigenvalue weighted by atomic mass is 9.89. The molecular weight excluding hydrogens is 316 g/mol. The van der Waals surface area contributed by atoms with Gasteiger partial charge < -0.3 is 15.1 Å². The van der Waals surface area contributed by atoms with Crippen molar-refractivity contribution in [2.75, 3.05) is 37.6 Å². The summed E-state index contributed by atoms with van der Waals surface area (Å²) in [5.41, 5.74) is 0.872. The molecule has 1 aromatic heterocycles. The first-order valence-corrected chi connectivity index (χ1v) is 9.49. The van der Waals surface area contributed by atoms with Crippen LogP contribution in [0.15, 0.2) is 17.4 Å². The second-order valence-electron chi connectivity index (χ2n) is 7.04. The van der Waals surface area contributed by atoms with Gasteiger partial charge in [-0.1, -0.05) is 19.3 Å². The van der Waals surface area contributed by atoms with Gasteiger partial charge in [0.05, 0.1) is 11.9 Å². The van der Waals surface area contributed by atoms with Crippen molar-refractivity contribution in [2.24, 2.45) is 18.0 Å². The Labute approximate surface area is 150 Å². The molecule has 7 heteroatoms. The van der Waals surface area contributed by atoms with Crippen LogP contribution in [-0.4, -0.2) is 59.3 Å². The van der Waals surface area contributed by atoms with Gasteiger partial charge in [0, 0.05) is 39.4 Å². The van der Waals surface area contributed by atoms with Crippen molar-refractivity contribution in [3.63, 3.8) is 0 Å². The zero-order valence-corrected chi connectivity index (χ0v) is 15.4. The maximum atomic E-state index is 12.6. The Morgan fingerprint density at radius 3 is 2.76 bits per heavy atom. The third-order valence-corrected chi connectivity index (χ3v) is 5.08. The number of nitrogens with zero attached hydrogens (tertiary/aromatic N) is 5.